The summed E-state index contributed by atoms with van der Waals surface area (Å²) in [4.78, 5) is 29.3. The molecule has 1 saturated heterocycles. The van der Waals surface area contributed by atoms with E-state index in [1.54, 1.807) is 4.90 Å². The zero-order valence-electron chi connectivity index (χ0n) is 17.7. The number of likely N-dealkylation sites (tertiary alicyclic amines) is 1. The zero-order chi connectivity index (χ0) is 21.3. The molecule has 0 aliphatic carbocycles. The van der Waals surface area contributed by atoms with Crippen LogP contribution in [0.3, 0.4) is 0 Å². The Morgan fingerprint density at radius 2 is 1.70 bits per heavy atom. The summed E-state index contributed by atoms with van der Waals surface area (Å²) in [7, 11) is 0. The first-order valence-electron chi connectivity index (χ1n) is 10.7. The Labute approximate surface area is 179 Å². The first-order valence-corrected chi connectivity index (χ1v) is 10.7. The molecule has 4 heteroatoms. The first-order chi connectivity index (χ1) is 14.6. The van der Waals surface area contributed by atoms with Gasteiger partial charge in [0.25, 0.3) is 0 Å². The number of rotatable bonds is 7. The number of hydrogen-bond acceptors (Lipinski definition) is 2. The molecular weight excluding hydrogens is 372 g/mol. The van der Waals surface area contributed by atoms with E-state index in [2.05, 4.69) is 5.92 Å². The minimum absolute atomic E-state index is 0.0676. The number of aryl methyl sites for hydroxylation is 2. The van der Waals surface area contributed by atoms with Crippen molar-refractivity contribution < 1.29 is 9.59 Å². The Morgan fingerprint density at radius 3 is 2.33 bits per heavy atom. The highest BCUT2D eigenvalue weighted by Crippen LogP contribution is 2.22. The molecule has 1 aliphatic heterocycles. The summed E-state index contributed by atoms with van der Waals surface area (Å²) >= 11 is 0. The van der Waals surface area contributed by atoms with Crippen molar-refractivity contribution in [2.75, 3.05) is 19.6 Å². The molecule has 1 fully saturated rings. The van der Waals surface area contributed by atoms with Gasteiger partial charge in [0, 0.05) is 32.0 Å². The number of nitrogens with zero attached hydrogens (tertiary/aromatic N) is 2. The zero-order valence-corrected chi connectivity index (χ0v) is 17.7. The number of hydrogen-bond donors (Lipinski definition) is 0. The van der Waals surface area contributed by atoms with Crippen molar-refractivity contribution in [3.63, 3.8) is 0 Å². The van der Waals surface area contributed by atoms with Crippen LogP contribution in [-0.2, 0) is 22.6 Å². The summed E-state index contributed by atoms with van der Waals surface area (Å²) in [6.07, 6.45) is 8.19. The highest BCUT2D eigenvalue weighted by atomic mass is 16.2. The van der Waals surface area contributed by atoms with Crippen molar-refractivity contribution in [3.05, 3.63) is 71.3 Å². The van der Waals surface area contributed by atoms with E-state index in [0.29, 0.717) is 45.4 Å². The van der Waals surface area contributed by atoms with Crippen LogP contribution in [0.15, 0.2) is 54.6 Å². The van der Waals surface area contributed by atoms with Gasteiger partial charge in [-0.05, 0) is 37.3 Å². The Hall–Kier alpha value is -3.06. The molecule has 4 nitrogen and oxygen atoms in total. The van der Waals surface area contributed by atoms with E-state index in [-0.39, 0.29) is 17.7 Å². The van der Waals surface area contributed by atoms with Gasteiger partial charge >= 0.3 is 0 Å². The summed E-state index contributed by atoms with van der Waals surface area (Å²) in [6, 6.07) is 18.3. The minimum Gasteiger partial charge on any atom is -0.343 e. The SMILES string of the molecule is C#CCN(Cc1ccc(C)cc1)C(=O)C1CCN(C(=O)CCc2ccccc2)CC1. The van der Waals surface area contributed by atoms with Crippen LogP contribution in [0.1, 0.15) is 36.0 Å². The fourth-order valence-electron chi connectivity index (χ4n) is 3.92. The molecule has 0 spiro atoms. The molecule has 0 aromatic heterocycles. The van der Waals surface area contributed by atoms with Crippen LogP contribution in [-0.4, -0.2) is 41.2 Å². The van der Waals surface area contributed by atoms with Gasteiger partial charge in [0.2, 0.25) is 11.8 Å². The molecule has 0 atom stereocenters. The van der Waals surface area contributed by atoms with Gasteiger partial charge in [-0.3, -0.25) is 9.59 Å². The van der Waals surface area contributed by atoms with Crippen molar-refractivity contribution in [2.24, 2.45) is 5.92 Å². The molecule has 0 unspecified atom stereocenters. The summed E-state index contributed by atoms with van der Waals surface area (Å²) in [5.41, 5.74) is 3.45. The Morgan fingerprint density at radius 1 is 1.03 bits per heavy atom. The monoisotopic (exact) mass is 402 g/mol. The third-order valence-corrected chi connectivity index (χ3v) is 5.76. The predicted octanol–water partition coefficient (Wildman–Crippen LogP) is 3.83. The predicted molar refractivity (Wildman–Crippen MR) is 119 cm³/mol. The summed E-state index contributed by atoms with van der Waals surface area (Å²) < 4.78 is 0. The standard InChI is InChI=1S/C26H30N2O2/c1-3-17-28(20-23-11-9-21(2)10-12-23)26(30)24-15-18-27(19-16-24)25(29)14-13-22-7-5-4-6-8-22/h1,4-12,24H,13-20H2,2H3. The van der Waals surface area contributed by atoms with E-state index >= 15 is 0 Å². The topological polar surface area (TPSA) is 40.6 Å². The summed E-state index contributed by atoms with van der Waals surface area (Å²) in [5.74, 6) is 2.82. The first kappa shape index (κ1) is 21.6. The summed E-state index contributed by atoms with van der Waals surface area (Å²) in [5, 5.41) is 0. The van der Waals surface area contributed by atoms with Gasteiger partial charge in [-0.25, -0.2) is 0 Å². The van der Waals surface area contributed by atoms with Crippen molar-refractivity contribution in [2.45, 2.75) is 39.2 Å². The lowest BCUT2D eigenvalue weighted by molar-refractivity contribution is -0.140. The van der Waals surface area contributed by atoms with E-state index in [9.17, 15) is 9.59 Å². The molecule has 1 aliphatic rings. The maximum absolute atomic E-state index is 13.1. The van der Waals surface area contributed by atoms with Crippen LogP contribution in [0.25, 0.3) is 0 Å². The van der Waals surface area contributed by atoms with Crippen LogP contribution in [0.4, 0.5) is 0 Å². The van der Waals surface area contributed by atoms with Gasteiger partial charge < -0.3 is 9.80 Å². The largest absolute Gasteiger partial charge is 0.343 e. The van der Waals surface area contributed by atoms with Crippen molar-refractivity contribution >= 4 is 11.8 Å². The average molecular weight is 403 g/mol. The van der Waals surface area contributed by atoms with Crippen LogP contribution in [0.2, 0.25) is 0 Å². The van der Waals surface area contributed by atoms with E-state index in [0.717, 1.165) is 12.0 Å². The Kier molecular flexibility index (Phi) is 7.68. The van der Waals surface area contributed by atoms with Crippen LogP contribution in [0.5, 0.6) is 0 Å². The lowest BCUT2D eigenvalue weighted by Gasteiger charge is -2.34. The molecule has 1 heterocycles. The second kappa shape index (κ2) is 10.6. The molecule has 0 bridgehead atoms. The van der Waals surface area contributed by atoms with Gasteiger partial charge in [-0.15, -0.1) is 6.42 Å². The van der Waals surface area contributed by atoms with Crippen LogP contribution >= 0.6 is 0 Å². The maximum Gasteiger partial charge on any atom is 0.226 e. The second-order valence-corrected chi connectivity index (χ2v) is 8.02. The number of amides is 2. The smallest absolute Gasteiger partial charge is 0.226 e. The second-order valence-electron chi connectivity index (χ2n) is 8.02. The highest BCUT2D eigenvalue weighted by molar-refractivity contribution is 5.80. The number of carbonyl (C=O) groups is 2. The third-order valence-electron chi connectivity index (χ3n) is 5.76. The Balaban J connectivity index is 1.50. The van der Waals surface area contributed by atoms with Crippen molar-refractivity contribution in [3.8, 4) is 12.3 Å². The number of terminal acetylenes is 1. The molecule has 156 valence electrons. The van der Waals surface area contributed by atoms with Gasteiger partial charge in [0.15, 0.2) is 0 Å². The lowest BCUT2D eigenvalue weighted by atomic mass is 9.94. The Bertz CT molecular complexity index is 875. The van der Waals surface area contributed by atoms with E-state index < -0.39 is 0 Å². The van der Waals surface area contributed by atoms with Crippen molar-refractivity contribution in [1.29, 1.82) is 0 Å². The molecule has 2 amide bonds. The number of piperidine rings is 1. The van der Waals surface area contributed by atoms with Gasteiger partial charge in [0.05, 0.1) is 6.54 Å². The maximum atomic E-state index is 13.1. The van der Waals surface area contributed by atoms with Crippen LogP contribution in [0, 0.1) is 25.2 Å². The molecule has 2 aromatic rings. The molecule has 0 radical (unpaired) electrons. The summed E-state index contributed by atoms with van der Waals surface area (Å²) in [6.45, 7) is 4.16. The van der Waals surface area contributed by atoms with E-state index in [1.165, 1.54) is 11.1 Å². The molecule has 0 N–H and O–H groups in total. The molecule has 3 rings (SSSR count). The normalized spacial score (nSPS) is 14.2. The van der Waals surface area contributed by atoms with E-state index in [4.69, 9.17) is 6.42 Å². The molecule has 2 aromatic carbocycles. The van der Waals surface area contributed by atoms with Gasteiger partial charge in [-0.2, -0.15) is 0 Å². The lowest BCUT2D eigenvalue weighted by Crippen LogP contribution is -2.44. The molecular formula is C26H30N2O2. The molecule has 30 heavy (non-hydrogen) atoms. The quantitative estimate of drug-likeness (QED) is 0.661. The average Bonchev–Trinajstić information content (AvgIpc) is 2.79. The number of carbonyl (C=O) groups excluding carboxylic acids is 2. The fraction of sp³-hybridized carbons (Fsp3) is 0.385. The van der Waals surface area contributed by atoms with Crippen molar-refractivity contribution in [1.82, 2.24) is 9.80 Å². The van der Waals surface area contributed by atoms with E-state index in [1.807, 2.05) is 66.4 Å². The molecule has 0 saturated carbocycles. The van der Waals surface area contributed by atoms with Crippen LogP contribution < -0.4 is 0 Å². The minimum atomic E-state index is -0.0676. The van der Waals surface area contributed by atoms with Gasteiger partial charge in [0.1, 0.15) is 0 Å². The van der Waals surface area contributed by atoms with Gasteiger partial charge in [-0.1, -0.05) is 66.1 Å². The fourth-order valence-corrected chi connectivity index (χ4v) is 3.92. The number of benzene rings is 2. The highest BCUT2D eigenvalue weighted by Gasteiger charge is 2.30. The third kappa shape index (κ3) is 5.97.